The zero-order valence-corrected chi connectivity index (χ0v) is 15.3. The lowest BCUT2D eigenvalue weighted by molar-refractivity contribution is 0.0408. The molecule has 5 atom stereocenters. The summed E-state index contributed by atoms with van der Waals surface area (Å²) in [5.74, 6) is 0.995. The van der Waals surface area contributed by atoms with Crippen molar-refractivity contribution in [1.29, 1.82) is 0 Å². The van der Waals surface area contributed by atoms with Crippen molar-refractivity contribution in [3.05, 3.63) is 0 Å². The summed E-state index contributed by atoms with van der Waals surface area (Å²) in [5, 5.41) is -0.0599. The molecule has 1 aliphatic carbocycles. The van der Waals surface area contributed by atoms with E-state index in [1.54, 1.807) is 0 Å². The van der Waals surface area contributed by atoms with Crippen molar-refractivity contribution in [2.45, 2.75) is 95.8 Å². The molecule has 0 aromatic heterocycles. The van der Waals surface area contributed by atoms with Gasteiger partial charge >= 0.3 is 0 Å². The lowest BCUT2D eigenvalue weighted by Crippen LogP contribution is -2.42. The van der Waals surface area contributed by atoms with Crippen LogP contribution in [0.2, 0.25) is 5.31 Å². The Morgan fingerprint density at radius 3 is 2.48 bits per heavy atom. The third-order valence-electron chi connectivity index (χ3n) is 5.90. The number of hydrogen-bond acceptors (Lipinski definition) is 3. The smallest absolute Gasteiger partial charge is 0.156 e. The van der Waals surface area contributed by atoms with Gasteiger partial charge in [0.25, 0.3) is 0 Å². The number of nitrogens with zero attached hydrogens (tertiary/aromatic N) is 1. The fraction of sp³-hybridized carbons (Fsp3) is 1.00. The van der Waals surface area contributed by atoms with Gasteiger partial charge in [-0.25, -0.2) is 0 Å². The van der Waals surface area contributed by atoms with E-state index in [1.165, 1.54) is 19.3 Å². The number of fused-ring (bicyclic) bond motifs is 1. The average Bonchev–Trinajstić information content (AvgIpc) is 2.70. The van der Waals surface area contributed by atoms with E-state index >= 15 is 0 Å². The molecule has 1 aliphatic heterocycles. The zero-order valence-electron chi connectivity index (χ0n) is 14.4. The van der Waals surface area contributed by atoms with Crippen molar-refractivity contribution in [2.24, 2.45) is 11.8 Å². The highest BCUT2D eigenvalue weighted by Gasteiger charge is 2.45. The molecule has 1 saturated carbocycles. The summed E-state index contributed by atoms with van der Waals surface area (Å²) in [6.45, 7) is 11.3. The maximum Gasteiger partial charge on any atom is 0.156 e. The third kappa shape index (κ3) is 3.48. The lowest BCUT2D eigenvalue weighted by atomic mass is 9.52. The summed E-state index contributed by atoms with van der Waals surface area (Å²) >= 11 is 4.66. The molecule has 0 aromatic rings. The van der Waals surface area contributed by atoms with Gasteiger partial charge < -0.3 is 4.74 Å². The Labute approximate surface area is 138 Å². The van der Waals surface area contributed by atoms with Gasteiger partial charge in [0, 0.05) is 12.1 Å². The van der Waals surface area contributed by atoms with Crippen LogP contribution in [-0.4, -0.2) is 36.5 Å². The van der Waals surface area contributed by atoms with Crippen LogP contribution in [0.15, 0.2) is 0 Å². The topological polar surface area (TPSA) is 12.5 Å². The van der Waals surface area contributed by atoms with Crippen molar-refractivity contribution >= 4 is 20.5 Å². The second-order valence-corrected chi connectivity index (χ2v) is 8.20. The van der Waals surface area contributed by atoms with Crippen LogP contribution in [0.25, 0.3) is 0 Å². The minimum absolute atomic E-state index is 0.0575. The molecule has 21 heavy (non-hydrogen) atoms. The molecule has 2 rings (SSSR count). The molecule has 0 spiro atoms. The van der Waals surface area contributed by atoms with Gasteiger partial charge in [-0.2, -0.15) is 0 Å². The molecule has 2 fully saturated rings. The van der Waals surface area contributed by atoms with Gasteiger partial charge in [0.2, 0.25) is 0 Å². The van der Waals surface area contributed by atoms with E-state index < -0.39 is 0 Å². The molecular formula is C17H32BNOS. The Bertz CT molecular complexity index is 352. The molecule has 4 heteroatoms. The van der Waals surface area contributed by atoms with Crippen molar-refractivity contribution in [2.75, 3.05) is 0 Å². The molecule has 0 amide bonds. The zero-order chi connectivity index (χ0) is 15.8. The first kappa shape index (κ1) is 17.7. The molecule has 0 bridgehead atoms. The van der Waals surface area contributed by atoms with Gasteiger partial charge in [-0.05, 0) is 38.5 Å². The van der Waals surface area contributed by atoms with Crippen LogP contribution in [0.5, 0.6) is 0 Å². The maximum atomic E-state index is 6.81. The summed E-state index contributed by atoms with van der Waals surface area (Å²) < 4.78 is 6.21. The predicted molar refractivity (Wildman–Crippen MR) is 93.9 cm³/mol. The number of thiol groups is 1. The van der Waals surface area contributed by atoms with Crippen LogP contribution in [-0.2, 0) is 4.74 Å². The number of hydrogen-bond donors (Lipinski definition) is 1. The highest BCUT2D eigenvalue weighted by Crippen LogP contribution is 2.49. The van der Waals surface area contributed by atoms with E-state index in [0.29, 0.717) is 23.9 Å². The minimum atomic E-state index is -0.0599. The minimum Gasteiger partial charge on any atom is -0.349 e. The highest BCUT2D eigenvalue weighted by atomic mass is 32.1. The Hall–Kier alpha value is 0.335. The fourth-order valence-corrected chi connectivity index (χ4v) is 4.91. The predicted octanol–water partition coefficient (Wildman–Crippen LogP) is 4.26. The molecule has 1 heterocycles. The van der Waals surface area contributed by atoms with Gasteiger partial charge in [-0.15, -0.1) is 12.6 Å². The Morgan fingerprint density at radius 2 is 1.90 bits per heavy atom. The van der Waals surface area contributed by atoms with E-state index in [4.69, 9.17) is 12.6 Å². The fourth-order valence-electron chi connectivity index (χ4n) is 4.32. The van der Waals surface area contributed by atoms with E-state index in [1.807, 2.05) is 0 Å². The van der Waals surface area contributed by atoms with Gasteiger partial charge in [0.05, 0.1) is 14.0 Å². The molecule has 120 valence electrons. The molecule has 2 nitrogen and oxygen atoms in total. The van der Waals surface area contributed by atoms with Crippen molar-refractivity contribution < 1.29 is 4.74 Å². The summed E-state index contributed by atoms with van der Waals surface area (Å²) in [5.41, 5.74) is -0.0575. The van der Waals surface area contributed by atoms with Crippen LogP contribution < -0.4 is 0 Å². The standard InChI is InChI=1S/C17H32BNOS/c1-11(2)17(18)9-7-6-8-14-15(10-13(17)5)20-16(21)19(14)12(3)4/h11-16,21H,6-10H2,1-5H3. The summed E-state index contributed by atoms with van der Waals surface area (Å²) in [4.78, 5) is 2.44. The molecule has 1 saturated heterocycles. The monoisotopic (exact) mass is 309 g/mol. The molecule has 5 unspecified atom stereocenters. The second-order valence-electron chi connectivity index (χ2n) is 7.76. The SMILES string of the molecule is [B]C1(C(C)C)CCCCC2C(CC1C)OC(S)N2C(C)C. The van der Waals surface area contributed by atoms with Gasteiger partial charge in [0.1, 0.15) is 0 Å². The summed E-state index contributed by atoms with van der Waals surface area (Å²) in [7, 11) is 6.81. The molecule has 0 aromatic carbocycles. The summed E-state index contributed by atoms with van der Waals surface area (Å²) in [6.07, 6.45) is 6.15. The van der Waals surface area contributed by atoms with Crippen LogP contribution >= 0.6 is 12.6 Å². The van der Waals surface area contributed by atoms with E-state index in [9.17, 15) is 0 Å². The first-order valence-electron chi connectivity index (χ1n) is 8.67. The third-order valence-corrected chi connectivity index (χ3v) is 6.29. The van der Waals surface area contributed by atoms with Gasteiger partial charge in [-0.1, -0.05) is 45.3 Å². The van der Waals surface area contributed by atoms with Crippen molar-refractivity contribution in [3.8, 4) is 0 Å². The first-order chi connectivity index (χ1) is 9.77. The Kier molecular flexibility index (Phi) is 5.76. The van der Waals surface area contributed by atoms with Crippen LogP contribution in [0.1, 0.15) is 66.7 Å². The largest absolute Gasteiger partial charge is 0.349 e. The normalized spacial score (nSPS) is 42.7. The van der Waals surface area contributed by atoms with Gasteiger partial charge in [0.15, 0.2) is 5.56 Å². The quantitative estimate of drug-likeness (QED) is 0.604. The van der Waals surface area contributed by atoms with Crippen molar-refractivity contribution in [1.82, 2.24) is 4.90 Å². The molecular weight excluding hydrogens is 277 g/mol. The van der Waals surface area contributed by atoms with Crippen LogP contribution in [0, 0.1) is 11.8 Å². The Morgan fingerprint density at radius 1 is 1.24 bits per heavy atom. The summed E-state index contributed by atoms with van der Waals surface area (Å²) in [6, 6.07) is 0.982. The maximum absolute atomic E-state index is 6.81. The number of rotatable bonds is 2. The molecule has 2 aliphatic rings. The second kappa shape index (κ2) is 6.84. The van der Waals surface area contributed by atoms with E-state index in [2.05, 4.69) is 52.1 Å². The van der Waals surface area contributed by atoms with Crippen LogP contribution in [0.4, 0.5) is 0 Å². The van der Waals surface area contributed by atoms with E-state index in [0.717, 1.165) is 12.8 Å². The Balaban J connectivity index is 2.19. The van der Waals surface area contributed by atoms with E-state index in [-0.39, 0.29) is 17.0 Å². The van der Waals surface area contributed by atoms with Gasteiger partial charge in [-0.3, -0.25) is 4.90 Å². The molecule has 0 N–H and O–H groups in total. The highest BCUT2D eigenvalue weighted by molar-refractivity contribution is 7.80. The van der Waals surface area contributed by atoms with Crippen LogP contribution in [0.3, 0.4) is 0 Å². The average molecular weight is 309 g/mol. The lowest BCUT2D eigenvalue weighted by Gasteiger charge is -2.41. The number of ether oxygens (including phenoxy) is 1. The first-order valence-corrected chi connectivity index (χ1v) is 9.19. The molecule has 2 radical (unpaired) electrons. The van der Waals surface area contributed by atoms with Crippen molar-refractivity contribution in [3.63, 3.8) is 0 Å².